The van der Waals surface area contributed by atoms with E-state index in [2.05, 4.69) is 0 Å². The molecule has 4 aliphatic carbocycles. The minimum Gasteiger partial charge on any atom is -0.458 e. The van der Waals surface area contributed by atoms with Gasteiger partial charge in [-0.05, 0) is 50.7 Å². The Morgan fingerprint density at radius 3 is 2.31 bits per heavy atom. The van der Waals surface area contributed by atoms with E-state index in [-0.39, 0.29) is 32.1 Å². The van der Waals surface area contributed by atoms with Gasteiger partial charge in [0, 0.05) is 30.3 Å². The largest absolute Gasteiger partial charge is 0.458 e. The Hall–Kier alpha value is -1.85. The molecule has 0 aliphatic heterocycles. The van der Waals surface area contributed by atoms with E-state index in [0.29, 0.717) is 6.42 Å². The molecular formula is C30H42O9. The molecule has 11 atom stereocenters. The number of carbonyl (C=O) groups excluding carboxylic acids is 1. The fourth-order valence-electron chi connectivity index (χ4n) is 9.04. The van der Waals surface area contributed by atoms with E-state index in [1.807, 2.05) is 30.3 Å². The number of fused-ring (bicyclic) bond motifs is 5. The number of hydrogen-bond donors (Lipinski definition) is 7. The molecule has 216 valence electrons. The van der Waals surface area contributed by atoms with Gasteiger partial charge < -0.3 is 40.5 Å². The normalized spacial score (nSPS) is 50.1. The summed E-state index contributed by atoms with van der Waals surface area (Å²) in [6.45, 7) is 4.67. The van der Waals surface area contributed by atoms with Crippen molar-refractivity contribution in [3.8, 4) is 0 Å². The van der Waals surface area contributed by atoms with Gasteiger partial charge in [0.2, 0.25) is 0 Å². The minimum atomic E-state index is -2.08. The van der Waals surface area contributed by atoms with Gasteiger partial charge >= 0.3 is 5.97 Å². The molecule has 4 saturated carbocycles. The molecule has 4 fully saturated rings. The molecule has 0 aromatic heterocycles. The molecule has 1 aromatic rings. The van der Waals surface area contributed by atoms with Gasteiger partial charge in [0.05, 0.1) is 29.3 Å². The van der Waals surface area contributed by atoms with Crippen LogP contribution < -0.4 is 0 Å². The van der Waals surface area contributed by atoms with Gasteiger partial charge in [-0.25, -0.2) is 4.79 Å². The Morgan fingerprint density at radius 1 is 1.00 bits per heavy atom. The fourth-order valence-corrected chi connectivity index (χ4v) is 9.04. The highest BCUT2D eigenvalue weighted by Crippen LogP contribution is 2.72. The van der Waals surface area contributed by atoms with Gasteiger partial charge in [-0.15, -0.1) is 0 Å². The molecule has 0 amide bonds. The number of hydrogen-bond acceptors (Lipinski definition) is 9. The summed E-state index contributed by atoms with van der Waals surface area (Å²) in [6, 6.07) is 9.15. The molecule has 0 spiro atoms. The Labute approximate surface area is 228 Å². The molecule has 9 nitrogen and oxygen atoms in total. The summed E-state index contributed by atoms with van der Waals surface area (Å²) in [7, 11) is 0. The van der Waals surface area contributed by atoms with Crippen LogP contribution >= 0.6 is 0 Å². The summed E-state index contributed by atoms with van der Waals surface area (Å²) < 4.78 is 5.98. The van der Waals surface area contributed by atoms with Crippen molar-refractivity contribution >= 4 is 12.0 Å². The van der Waals surface area contributed by atoms with Crippen LogP contribution in [0.1, 0.15) is 71.3 Å². The van der Waals surface area contributed by atoms with Crippen LogP contribution in [0, 0.1) is 16.7 Å². The molecule has 0 radical (unpaired) electrons. The number of rotatable bonds is 4. The predicted octanol–water partition coefficient (Wildman–Crippen LogP) is 1.05. The fraction of sp³-hybridized carbons (Fsp3) is 0.700. The molecule has 39 heavy (non-hydrogen) atoms. The SMILES string of the molecule is C[C@H](O)[C@]1(O)CC[C@@]2(O)[C@]1(C)[C@H](OC(=O)C=Cc1ccccc1)C[C@@H]1[C@@]3(C)CC[C@H](O)C[C@]3(O)[C@H](O)C[C@]12O. The van der Waals surface area contributed by atoms with E-state index < -0.39 is 76.0 Å². The van der Waals surface area contributed by atoms with Crippen molar-refractivity contribution in [2.45, 2.75) is 113 Å². The lowest BCUT2D eigenvalue weighted by molar-refractivity contribution is -0.372. The standard InChI is InChI=1S/C30H42O9/c1-18(31)27(35)13-14-30(38)26(27,3)23(39-24(34)10-9-19-7-5-4-6-8-19)15-21-25(2)12-11-20(32)16-29(25,37)22(33)17-28(21,30)36/h4-10,18,20-23,31-33,35-38H,11-17H2,1-3H3/t18-,20-,21+,22+,23+,25+,26+,27+,28-,29-,30+/m0/s1. The average molecular weight is 547 g/mol. The first-order valence-corrected chi connectivity index (χ1v) is 14.0. The van der Waals surface area contributed by atoms with Gasteiger partial charge in [0.1, 0.15) is 22.9 Å². The van der Waals surface area contributed by atoms with Crippen molar-refractivity contribution in [1.29, 1.82) is 0 Å². The number of aliphatic hydroxyl groups is 7. The van der Waals surface area contributed by atoms with E-state index in [4.69, 9.17) is 4.74 Å². The smallest absolute Gasteiger partial charge is 0.331 e. The number of carbonyl (C=O) groups is 1. The van der Waals surface area contributed by atoms with Gasteiger partial charge in [-0.3, -0.25) is 0 Å². The predicted molar refractivity (Wildman–Crippen MR) is 141 cm³/mol. The van der Waals surface area contributed by atoms with E-state index in [1.54, 1.807) is 13.0 Å². The maximum atomic E-state index is 13.1. The van der Waals surface area contributed by atoms with Gasteiger partial charge in [-0.2, -0.15) is 0 Å². The van der Waals surface area contributed by atoms with Crippen LogP contribution in [0.25, 0.3) is 6.08 Å². The van der Waals surface area contributed by atoms with Crippen LogP contribution in [0.5, 0.6) is 0 Å². The summed E-state index contributed by atoms with van der Waals surface area (Å²) in [5, 5.41) is 81.0. The lowest BCUT2D eigenvalue weighted by atomic mass is 9.38. The highest BCUT2D eigenvalue weighted by Gasteiger charge is 2.83. The second kappa shape index (κ2) is 9.08. The number of esters is 1. The van der Waals surface area contributed by atoms with Gasteiger partial charge in [0.25, 0.3) is 0 Å². The molecule has 0 heterocycles. The van der Waals surface area contributed by atoms with Crippen molar-refractivity contribution < 1.29 is 45.3 Å². The number of ether oxygens (including phenoxy) is 1. The molecule has 0 saturated heterocycles. The zero-order chi connectivity index (χ0) is 28.6. The van der Waals surface area contributed by atoms with E-state index in [9.17, 15) is 40.5 Å². The third-order valence-electron chi connectivity index (χ3n) is 11.5. The topological polar surface area (TPSA) is 168 Å². The lowest BCUT2D eigenvalue weighted by Gasteiger charge is -2.71. The summed E-state index contributed by atoms with van der Waals surface area (Å²) in [5.74, 6) is -1.57. The Morgan fingerprint density at radius 2 is 1.67 bits per heavy atom. The zero-order valence-electron chi connectivity index (χ0n) is 22.8. The second-order valence-corrected chi connectivity index (χ2v) is 13.0. The molecule has 4 aliphatic rings. The number of aliphatic hydroxyl groups excluding tert-OH is 3. The molecule has 7 N–H and O–H groups in total. The first kappa shape index (κ1) is 28.7. The zero-order valence-corrected chi connectivity index (χ0v) is 22.8. The third kappa shape index (κ3) is 3.60. The van der Waals surface area contributed by atoms with E-state index in [1.165, 1.54) is 19.9 Å². The van der Waals surface area contributed by atoms with Crippen molar-refractivity contribution in [1.82, 2.24) is 0 Å². The number of benzene rings is 1. The van der Waals surface area contributed by atoms with Crippen LogP contribution in [0.3, 0.4) is 0 Å². The molecule has 0 unspecified atom stereocenters. The first-order chi connectivity index (χ1) is 18.1. The maximum Gasteiger partial charge on any atom is 0.331 e. The van der Waals surface area contributed by atoms with Crippen LogP contribution in [0.2, 0.25) is 0 Å². The summed E-state index contributed by atoms with van der Waals surface area (Å²) in [6.07, 6.45) is -2.03. The molecule has 0 bridgehead atoms. The van der Waals surface area contributed by atoms with Crippen LogP contribution in [0.15, 0.2) is 36.4 Å². The average Bonchev–Trinajstić information content (AvgIpc) is 3.11. The highest BCUT2D eigenvalue weighted by molar-refractivity contribution is 5.87. The van der Waals surface area contributed by atoms with Crippen molar-refractivity contribution in [3.63, 3.8) is 0 Å². The Kier molecular flexibility index (Phi) is 6.67. The van der Waals surface area contributed by atoms with Crippen molar-refractivity contribution in [3.05, 3.63) is 42.0 Å². The van der Waals surface area contributed by atoms with Crippen LogP contribution in [-0.2, 0) is 9.53 Å². The Balaban J connectivity index is 1.60. The molecular weight excluding hydrogens is 504 g/mol. The minimum absolute atomic E-state index is 0.0309. The van der Waals surface area contributed by atoms with Gasteiger partial charge in [0.15, 0.2) is 0 Å². The van der Waals surface area contributed by atoms with E-state index in [0.717, 1.165) is 5.56 Å². The van der Waals surface area contributed by atoms with Crippen LogP contribution in [-0.4, -0.2) is 88.5 Å². The molecule has 5 rings (SSSR count). The first-order valence-electron chi connectivity index (χ1n) is 14.0. The highest BCUT2D eigenvalue weighted by atomic mass is 16.5. The van der Waals surface area contributed by atoms with Crippen LogP contribution in [0.4, 0.5) is 0 Å². The van der Waals surface area contributed by atoms with Crippen molar-refractivity contribution in [2.24, 2.45) is 16.7 Å². The molecule has 9 heteroatoms. The van der Waals surface area contributed by atoms with Gasteiger partial charge in [-0.1, -0.05) is 44.2 Å². The summed E-state index contributed by atoms with van der Waals surface area (Å²) >= 11 is 0. The monoisotopic (exact) mass is 546 g/mol. The van der Waals surface area contributed by atoms with Crippen molar-refractivity contribution in [2.75, 3.05) is 0 Å². The third-order valence-corrected chi connectivity index (χ3v) is 11.5. The molecule has 1 aromatic carbocycles. The lowest BCUT2D eigenvalue weighted by Crippen LogP contribution is -2.83. The van der Waals surface area contributed by atoms with E-state index >= 15 is 0 Å². The summed E-state index contributed by atoms with van der Waals surface area (Å²) in [5.41, 5.74) is -9.81. The quantitative estimate of drug-likeness (QED) is 0.216. The maximum absolute atomic E-state index is 13.1. The summed E-state index contributed by atoms with van der Waals surface area (Å²) in [4.78, 5) is 13.1. The second-order valence-electron chi connectivity index (χ2n) is 13.0. The Bertz CT molecular complexity index is 1140.